The molecule has 0 saturated heterocycles. The minimum atomic E-state index is -0.648. The highest BCUT2D eigenvalue weighted by molar-refractivity contribution is 7.15. The molecule has 0 saturated carbocycles. The van der Waals surface area contributed by atoms with Crippen LogP contribution in [0.5, 0.6) is 11.5 Å². The Morgan fingerprint density at radius 2 is 2.17 bits per heavy atom. The molecule has 0 bridgehead atoms. The Kier molecular flexibility index (Phi) is 3.69. The van der Waals surface area contributed by atoms with Crippen molar-refractivity contribution >= 4 is 22.4 Å². The summed E-state index contributed by atoms with van der Waals surface area (Å²) in [6.45, 7) is 2.47. The molecular formula is C17H18N2O3S. The third-order valence-corrected chi connectivity index (χ3v) is 5.25. The Morgan fingerprint density at radius 3 is 3.04 bits per heavy atom. The molecule has 1 amide bonds. The highest BCUT2D eigenvalue weighted by Gasteiger charge is 2.28. The average Bonchev–Trinajstić information content (AvgIpc) is 2.95. The predicted octanol–water partition coefficient (Wildman–Crippen LogP) is 3.05. The maximum absolute atomic E-state index is 12.4. The third-order valence-electron chi connectivity index (χ3n) is 4.22. The van der Waals surface area contributed by atoms with Crippen molar-refractivity contribution < 1.29 is 14.3 Å². The maximum atomic E-state index is 12.4. The van der Waals surface area contributed by atoms with Gasteiger partial charge in [0, 0.05) is 4.88 Å². The largest absolute Gasteiger partial charge is 0.485 e. The van der Waals surface area contributed by atoms with E-state index < -0.39 is 6.10 Å². The first kappa shape index (κ1) is 14.5. The standard InChI is InChI=1S/C17H18N2O3S/c1-10-6-7-11-15(8-10)23-17(18-11)19-16(20)14-9-21-12-4-2-3-5-13(12)22-14/h2-5,10,14H,6-9H2,1H3,(H,18,19,20)/t10-,14-/m0/s1. The molecule has 1 aromatic carbocycles. The third kappa shape index (κ3) is 2.91. The topological polar surface area (TPSA) is 60.5 Å². The zero-order valence-corrected chi connectivity index (χ0v) is 13.7. The van der Waals surface area contributed by atoms with Gasteiger partial charge in [0.25, 0.3) is 5.91 Å². The molecule has 0 unspecified atom stereocenters. The number of thiazole rings is 1. The second-order valence-corrected chi connectivity index (χ2v) is 7.17. The van der Waals surface area contributed by atoms with Gasteiger partial charge >= 0.3 is 0 Å². The van der Waals surface area contributed by atoms with Crippen LogP contribution in [0.4, 0.5) is 5.13 Å². The van der Waals surface area contributed by atoms with Crippen LogP contribution < -0.4 is 14.8 Å². The quantitative estimate of drug-likeness (QED) is 0.919. The van der Waals surface area contributed by atoms with Crippen LogP contribution in [0.2, 0.25) is 0 Å². The molecule has 2 atom stereocenters. The van der Waals surface area contributed by atoms with Crippen molar-refractivity contribution in [1.29, 1.82) is 0 Å². The fourth-order valence-corrected chi connectivity index (χ4v) is 4.10. The molecule has 6 heteroatoms. The van der Waals surface area contributed by atoms with Crippen LogP contribution in [0.15, 0.2) is 24.3 Å². The Morgan fingerprint density at radius 1 is 1.35 bits per heavy atom. The van der Waals surface area contributed by atoms with Crippen LogP contribution in [0.25, 0.3) is 0 Å². The van der Waals surface area contributed by atoms with Gasteiger partial charge in [-0.2, -0.15) is 0 Å². The SMILES string of the molecule is C[C@H]1CCc2nc(NC(=O)[C@@H]3COc4ccccc4O3)sc2C1. The monoisotopic (exact) mass is 330 g/mol. The van der Waals surface area contributed by atoms with E-state index in [1.165, 1.54) is 11.3 Å². The van der Waals surface area contributed by atoms with Gasteiger partial charge < -0.3 is 9.47 Å². The first-order valence-electron chi connectivity index (χ1n) is 7.87. The van der Waals surface area contributed by atoms with E-state index >= 15 is 0 Å². The van der Waals surface area contributed by atoms with Crippen LogP contribution in [-0.4, -0.2) is 23.6 Å². The van der Waals surface area contributed by atoms with Crippen molar-refractivity contribution in [1.82, 2.24) is 4.98 Å². The number of ether oxygens (including phenoxy) is 2. The number of hydrogen-bond donors (Lipinski definition) is 1. The number of aryl methyl sites for hydroxylation is 1. The van der Waals surface area contributed by atoms with E-state index in [2.05, 4.69) is 17.2 Å². The molecule has 0 fully saturated rings. The number of fused-ring (bicyclic) bond motifs is 2. The minimum Gasteiger partial charge on any atom is -0.485 e. The number of para-hydroxylation sites is 2. The number of aromatic nitrogens is 1. The number of hydrogen-bond acceptors (Lipinski definition) is 5. The van der Waals surface area contributed by atoms with Gasteiger partial charge in [-0.05, 0) is 37.3 Å². The molecule has 1 aromatic heterocycles. The number of nitrogens with one attached hydrogen (secondary N) is 1. The van der Waals surface area contributed by atoms with Crippen molar-refractivity contribution in [3.63, 3.8) is 0 Å². The van der Waals surface area contributed by atoms with Crippen LogP contribution in [0.1, 0.15) is 23.9 Å². The summed E-state index contributed by atoms with van der Waals surface area (Å²) in [7, 11) is 0. The Bertz CT molecular complexity index is 743. The molecule has 120 valence electrons. The molecule has 0 spiro atoms. The van der Waals surface area contributed by atoms with Gasteiger partial charge in [-0.1, -0.05) is 19.1 Å². The zero-order valence-electron chi connectivity index (χ0n) is 12.9. The predicted molar refractivity (Wildman–Crippen MR) is 88.3 cm³/mol. The van der Waals surface area contributed by atoms with Crippen LogP contribution in [0, 0.1) is 5.92 Å². The number of nitrogens with zero attached hydrogens (tertiary/aromatic N) is 1. The lowest BCUT2D eigenvalue weighted by molar-refractivity contribution is -0.125. The lowest BCUT2D eigenvalue weighted by Crippen LogP contribution is -2.40. The summed E-state index contributed by atoms with van der Waals surface area (Å²) in [5, 5.41) is 3.54. The van der Waals surface area contributed by atoms with Gasteiger partial charge in [0.05, 0.1) is 5.69 Å². The molecule has 1 aliphatic carbocycles. The fraction of sp³-hybridized carbons (Fsp3) is 0.412. The summed E-state index contributed by atoms with van der Waals surface area (Å²) < 4.78 is 11.3. The first-order chi connectivity index (χ1) is 11.2. The summed E-state index contributed by atoms with van der Waals surface area (Å²) in [6.07, 6.45) is 2.57. The van der Waals surface area contributed by atoms with E-state index in [0.29, 0.717) is 22.5 Å². The molecule has 1 aliphatic heterocycles. The van der Waals surface area contributed by atoms with Crippen LogP contribution in [-0.2, 0) is 17.6 Å². The number of rotatable bonds is 2. The highest BCUT2D eigenvalue weighted by atomic mass is 32.1. The van der Waals surface area contributed by atoms with E-state index in [9.17, 15) is 4.79 Å². The number of carbonyl (C=O) groups is 1. The summed E-state index contributed by atoms with van der Waals surface area (Å²) in [6, 6.07) is 7.37. The summed E-state index contributed by atoms with van der Waals surface area (Å²) in [5.74, 6) is 1.76. The molecule has 2 aromatic rings. The zero-order chi connectivity index (χ0) is 15.8. The van der Waals surface area contributed by atoms with Crippen LogP contribution >= 0.6 is 11.3 Å². The number of carbonyl (C=O) groups excluding carboxylic acids is 1. The summed E-state index contributed by atoms with van der Waals surface area (Å²) in [5.41, 5.74) is 1.13. The molecule has 4 rings (SSSR count). The molecule has 2 aliphatic rings. The van der Waals surface area contributed by atoms with Crippen molar-refractivity contribution in [2.75, 3.05) is 11.9 Å². The number of anilines is 1. The normalized spacial score (nSPS) is 22.3. The fourth-order valence-electron chi connectivity index (χ4n) is 2.93. The molecule has 0 radical (unpaired) electrons. The van der Waals surface area contributed by atoms with Gasteiger partial charge in [-0.25, -0.2) is 4.98 Å². The lowest BCUT2D eigenvalue weighted by Gasteiger charge is -2.25. The van der Waals surface area contributed by atoms with E-state index in [1.54, 1.807) is 17.4 Å². The second-order valence-electron chi connectivity index (χ2n) is 6.09. The minimum absolute atomic E-state index is 0.210. The molecule has 1 N–H and O–H groups in total. The van der Waals surface area contributed by atoms with E-state index in [-0.39, 0.29) is 12.5 Å². The molecule has 23 heavy (non-hydrogen) atoms. The maximum Gasteiger partial charge on any atom is 0.270 e. The number of amides is 1. The Labute approximate surface area is 138 Å². The van der Waals surface area contributed by atoms with Crippen molar-refractivity contribution in [3.8, 4) is 11.5 Å². The van der Waals surface area contributed by atoms with E-state index in [4.69, 9.17) is 9.47 Å². The Balaban J connectivity index is 1.45. The van der Waals surface area contributed by atoms with Gasteiger partial charge in [-0.15, -0.1) is 11.3 Å². The van der Waals surface area contributed by atoms with Crippen molar-refractivity contribution in [2.24, 2.45) is 5.92 Å². The Hall–Kier alpha value is -2.08. The van der Waals surface area contributed by atoms with E-state index in [1.807, 2.05) is 18.2 Å². The van der Waals surface area contributed by atoms with E-state index in [0.717, 1.165) is 18.5 Å². The van der Waals surface area contributed by atoms with Gasteiger partial charge in [-0.3, -0.25) is 10.1 Å². The van der Waals surface area contributed by atoms with Gasteiger partial charge in [0.2, 0.25) is 6.10 Å². The van der Waals surface area contributed by atoms with Gasteiger partial charge in [0.15, 0.2) is 16.6 Å². The van der Waals surface area contributed by atoms with Crippen molar-refractivity contribution in [3.05, 3.63) is 34.8 Å². The highest BCUT2D eigenvalue weighted by Crippen LogP contribution is 2.33. The molecule has 5 nitrogen and oxygen atoms in total. The van der Waals surface area contributed by atoms with Crippen LogP contribution in [0.3, 0.4) is 0 Å². The lowest BCUT2D eigenvalue weighted by atomic mass is 9.93. The van der Waals surface area contributed by atoms with Crippen molar-refractivity contribution in [2.45, 2.75) is 32.3 Å². The summed E-state index contributed by atoms with van der Waals surface area (Å²) >= 11 is 1.58. The molecule has 2 heterocycles. The first-order valence-corrected chi connectivity index (χ1v) is 8.68. The second kappa shape index (κ2) is 5.85. The smallest absolute Gasteiger partial charge is 0.270 e. The number of benzene rings is 1. The molecular weight excluding hydrogens is 312 g/mol. The van der Waals surface area contributed by atoms with Gasteiger partial charge in [0.1, 0.15) is 6.61 Å². The average molecular weight is 330 g/mol. The summed E-state index contributed by atoms with van der Waals surface area (Å²) in [4.78, 5) is 18.3.